The molecule has 2 aliphatic carbocycles. The second-order valence-corrected chi connectivity index (χ2v) is 27.3. The maximum Gasteiger partial charge on any atom is 0.510 e. The molecule has 8 rings (SSSR count). The number of urea groups is 2. The molecule has 2 aromatic carbocycles. The fourth-order valence-electron chi connectivity index (χ4n) is 12.6. The van der Waals surface area contributed by atoms with Crippen LogP contribution < -0.4 is 54.0 Å². The number of carbonyl (C=O) groups excluding carboxylic acids is 15. The van der Waals surface area contributed by atoms with Crippen molar-refractivity contribution in [1.82, 2.24) is 61.3 Å². The van der Waals surface area contributed by atoms with E-state index < -0.39 is 113 Å². The van der Waals surface area contributed by atoms with Gasteiger partial charge < -0.3 is 88.2 Å². The lowest BCUT2D eigenvalue weighted by atomic mass is 9.67. The van der Waals surface area contributed by atoms with Crippen molar-refractivity contribution < 1.29 is 104 Å². The summed E-state index contributed by atoms with van der Waals surface area (Å²) in [5, 5.41) is 28.8. The van der Waals surface area contributed by atoms with Crippen molar-refractivity contribution in [1.29, 1.82) is 0 Å². The molecule has 594 valence electrons. The van der Waals surface area contributed by atoms with E-state index in [9.17, 15) is 85.1 Å². The van der Waals surface area contributed by atoms with Crippen LogP contribution in [0.3, 0.4) is 0 Å². The van der Waals surface area contributed by atoms with Gasteiger partial charge in [0, 0.05) is 138 Å². The molecule has 0 bridgehead atoms. The van der Waals surface area contributed by atoms with E-state index in [2.05, 4.69) is 42.5 Å². The maximum absolute atomic E-state index is 14.6. The number of aliphatic carboxylic acids is 1. The van der Waals surface area contributed by atoms with Gasteiger partial charge in [0.15, 0.2) is 0 Å². The van der Waals surface area contributed by atoms with E-state index in [1.54, 1.807) is 0 Å². The number of nitrogens with two attached hydrogens (primary N) is 2. The van der Waals surface area contributed by atoms with E-state index in [1.807, 2.05) is 23.9 Å². The highest BCUT2D eigenvalue weighted by Gasteiger charge is 2.53. The second-order valence-electron chi connectivity index (χ2n) is 27.3. The zero-order chi connectivity index (χ0) is 79.6. The quantitative estimate of drug-likeness (QED) is 0.0198. The lowest BCUT2D eigenvalue weighted by molar-refractivity contribution is -0.192. The summed E-state index contributed by atoms with van der Waals surface area (Å²) >= 11 is 0. The zero-order valence-electron chi connectivity index (χ0n) is 60.7. The summed E-state index contributed by atoms with van der Waals surface area (Å²) in [5.74, 6) is -9.18. The Kier molecular flexibility index (Phi) is 31.4. The summed E-state index contributed by atoms with van der Waals surface area (Å²) in [5.41, 5.74) is 8.37. The number of rotatable bonds is 36. The van der Waals surface area contributed by atoms with Crippen LogP contribution in [0.5, 0.6) is 0 Å². The number of carbonyl (C=O) groups is 16. The molecule has 6 aliphatic rings. The van der Waals surface area contributed by atoms with Crippen molar-refractivity contribution in [2.24, 2.45) is 22.3 Å². The number of piperazine rings is 2. The molecular weight excluding hydrogens is 1440 g/mol. The molecule has 2 saturated carbocycles. The first-order valence-corrected chi connectivity index (χ1v) is 36.1. The number of anilines is 2. The van der Waals surface area contributed by atoms with Gasteiger partial charge in [-0.15, -0.1) is 0 Å². The number of nitrogens with zero attached hydrogens (tertiary/aromatic N) is 6. The third-order valence-corrected chi connectivity index (χ3v) is 19.5. The largest absolute Gasteiger partial charge is 0.510 e. The first-order chi connectivity index (χ1) is 51.8. The van der Waals surface area contributed by atoms with Crippen LogP contribution in [0.2, 0.25) is 0 Å². The van der Waals surface area contributed by atoms with Gasteiger partial charge in [-0.05, 0) is 128 Å². The molecule has 4 aliphatic heterocycles. The number of carboxylic acids is 1. The summed E-state index contributed by atoms with van der Waals surface area (Å²) in [7, 11) is 3.79. The number of amides is 16. The average Bonchev–Trinajstić information content (AvgIpc) is 1.33. The van der Waals surface area contributed by atoms with Crippen LogP contribution >= 0.6 is 0 Å². The topological polar surface area (TPSA) is 480 Å². The number of benzene rings is 2. The minimum Gasteiger partial charge on any atom is -0.475 e. The highest BCUT2D eigenvalue weighted by Crippen LogP contribution is 2.43. The highest BCUT2D eigenvalue weighted by molar-refractivity contribution is 6.14. The minimum atomic E-state index is -5.08. The molecule has 2 aromatic rings. The van der Waals surface area contributed by atoms with Crippen LogP contribution in [0.4, 0.5) is 38.9 Å². The lowest BCUT2D eigenvalue weighted by Gasteiger charge is -2.39. The number of imide groups is 2. The van der Waals surface area contributed by atoms with Crippen molar-refractivity contribution in [2.75, 3.05) is 116 Å². The maximum atomic E-state index is 14.6. The van der Waals surface area contributed by atoms with Crippen LogP contribution in [0.1, 0.15) is 126 Å². The SMILES string of the molecule is CN1CCN(C(=O)C(OC(=O)OC(C(=O)N2CCN(C)CC2)c2ccc(NC(=O)[C@H](CCCNC(N)=O)NC(=O)C3(C(=O)NCCCCCN4C(=O)C=CC4=O)CCC3)cc2)c2ccc(NC(=O)[C@H](CCCNC(N)=O)NC(=O)C3(C(=O)NCCCCCN4C(=O)C=CC4=O)CCC3)cc2)CC1.O=C(O)C(F)(F)F. The first kappa shape index (κ1) is 85.2. The smallest absolute Gasteiger partial charge is 0.475 e. The standard InChI is InChI=1S/C69H94N16O17.C2HF3O2/c1-80-37-41-82(42-38-80)59(92)55(45-15-19-47(20-16-45)76-57(90)49(13-9-33-74-65(70)98)78-63(96)68(27-11-28-68)61(94)72-31-5-3-7-35-84-51(86)23-24-52(84)87)101-67(100)102-56(60(93)83-43-39-81(2)40-44-83)46-17-21-48(22-18-46)77-58(91)50(14-10-34-75-66(71)99)79-64(97)69(29-12-30-69)62(95)73-32-6-4-8-36-85-53(88)25-26-54(85)89;3-2(4,5)1(6)7/h15-26,49-50,55-56H,3-14,27-44H2,1-2H3,(H,72,94)(H,73,95)(H,76,90)(H,77,91)(H,78,96)(H,79,97)(H3,70,74,98)(H3,71,75,99);(H,6,7)/t49-,50-,55?,56?;/m0./s1. The molecule has 0 spiro atoms. The molecule has 2 saturated heterocycles. The van der Waals surface area contributed by atoms with Crippen molar-refractivity contribution in [2.45, 2.75) is 133 Å². The Hall–Kier alpha value is -11.1. The van der Waals surface area contributed by atoms with Gasteiger partial charge in [0.25, 0.3) is 35.4 Å². The van der Waals surface area contributed by atoms with Gasteiger partial charge >= 0.3 is 30.4 Å². The van der Waals surface area contributed by atoms with Crippen molar-refractivity contribution in [3.05, 3.63) is 84.0 Å². The van der Waals surface area contributed by atoms with Crippen LogP contribution in [-0.2, 0) is 71.8 Å². The molecule has 4 atom stereocenters. The fourth-order valence-corrected chi connectivity index (χ4v) is 12.6. The van der Waals surface area contributed by atoms with E-state index in [-0.39, 0.29) is 163 Å². The molecular formula is C71H95F3N16O19. The van der Waals surface area contributed by atoms with Gasteiger partial charge in [0.05, 0.1) is 0 Å². The van der Waals surface area contributed by atoms with Crippen molar-refractivity contribution in [3.8, 4) is 0 Å². The van der Waals surface area contributed by atoms with Crippen LogP contribution in [-0.4, -0.2) is 254 Å². The molecule has 35 nitrogen and oxygen atoms in total. The summed E-state index contributed by atoms with van der Waals surface area (Å²) in [6.45, 7) is 4.16. The van der Waals surface area contributed by atoms with Crippen LogP contribution in [0.25, 0.3) is 0 Å². The molecule has 4 heterocycles. The van der Waals surface area contributed by atoms with E-state index in [0.29, 0.717) is 77.5 Å². The van der Waals surface area contributed by atoms with Gasteiger partial charge in [-0.3, -0.25) is 67.3 Å². The normalized spacial score (nSPS) is 17.7. The van der Waals surface area contributed by atoms with E-state index >= 15 is 0 Å². The predicted octanol–water partition coefficient (Wildman–Crippen LogP) is 1.31. The molecule has 0 radical (unpaired) electrons. The monoisotopic (exact) mass is 1530 g/mol. The number of ether oxygens (including phenoxy) is 2. The van der Waals surface area contributed by atoms with E-state index in [1.165, 1.54) is 82.6 Å². The lowest BCUT2D eigenvalue weighted by Crippen LogP contribution is -2.58. The molecule has 4 fully saturated rings. The van der Waals surface area contributed by atoms with Crippen molar-refractivity contribution >= 4 is 106 Å². The van der Waals surface area contributed by atoms with Gasteiger partial charge in [-0.1, -0.05) is 37.1 Å². The fraction of sp³-hybridized carbons (Fsp3) is 0.549. The Morgan fingerprint density at radius 3 is 1.08 bits per heavy atom. The second kappa shape index (κ2) is 40.2. The molecule has 13 N–H and O–H groups in total. The summed E-state index contributed by atoms with van der Waals surface area (Å²) < 4.78 is 43.6. The van der Waals surface area contributed by atoms with Crippen molar-refractivity contribution in [3.63, 3.8) is 0 Å². The van der Waals surface area contributed by atoms with Gasteiger partial charge in [0.2, 0.25) is 47.7 Å². The van der Waals surface area contributed by atoms with E-state index in [4.69, 9.17) is 30.8 Å². The molecule has 38 heteroatoms. The first-order valence-electron chi connectivity index (χ1n) is 36.1. The molecule has 16 amide bonds. The van der Waals surface area contributed by atoms with Crippen LogP contribution in [0.15, 0.2) is 72.8 Å². The molecule has 2 unspecified atom stereocenters. The summed E-state index contributed by atoms with van der Waals surface area (Å²) in [6.07, 6.45) is 0.787. The Morgan fingerprint density at radius 1 is 0.468 bits per heavy atom. The van der Waals surface area contributed by atoms with Crippen LogP contribution in [0, 0.1) is 10.8 Å². The number of carboxylic acid groups (broad SMARTS) is 1. The zero-order valence-corrected chi connectivity index (χ0v) is 60.7. The predicted molar refractivity (Wildman–Crippen MR) is 381 cm³/mol. The van der Waals surface area contributed by atoms with Gasteiger partial charge in [-0.2, -0.15) is 13.2 Å². The number of unbranched alkanes of at least 4 members (excludes halogenated alkanes) is 4. The Morgan fingerprint density at radius 2 is 0.789 bits per heavy atom. The number of primary amides is 2. The number of likely N-dealkylation sites (N-methyl/N-ethyl adjacent to an activating group) is 2. The van der Waals surface area contributed by atoms with Gasteiger partial charge in [0.1, 0.15) is 22.9 Å². The minimum absolute atomic E-state index is 0.00877. The highest BCUT2D eigenvalue weighted by atomic mass is 19.4. The van der Waals surface area contributed by atoms with E-state index in [0.717, 1.165) is 9.80 Å². The Balaban J connectivity index is 0.00000225. The third kappa shape index (κ3) is 24.5. The number of alkyl halides is 3. The Bertz CT molecular complexity index is 3460. The number of hydrogen-bond acceptors (Lipinski definition) is 20. The third-order valence-electron chi connectivity index (χ3n) is 19.5. The number of nitrogens with one attached hydrogen (secondary N) is 8. The van der Waals surface area contributed by atoms with Gasteiger partial charge in [-0.25, -0.2) is 19.2 Å². The number of hydrogen-bond donors (Lipinski definition) is 11. The average molecular weight is 1530 g/mol. The molecule has 109 heavy (non-hydrogen) atoms. The Labute approximate surface area is 625 Å². The summed E-state index contributed by atoms with van der Waals surface area (Å²) in [4.78, 5) is 216. The summed E-state index contributed by atoms with van der Waals surface area (Å²) in [6, 6.07) is 7.61. The molecule has 0 aromatic heterocycles. The number of halogens is 3.